The summed E-state index contributed by atoms with van der Waals surface area (Å²) in [6.07, 6.45) is 0.961. The summed E-state index contributed by atoms with van der Waals surface area (Å²) in [7, 11) is -2.02. The molecule has 242 valence electrons. The van der Waals surface area contributed by atoms with Crippen molar-refractivity contribution in [2.75, 3.05) is 18.2 Å². The van der Waals surface area contributed by atoms with Crippen molar-refractivity contribution in [3.05, 3.63) is 95.4 Å². The van der Waals surface area contributed by atoms with Crippen molar-refractivity contribution in [2.24, 2.45) is 0 Å². The number of rotatable bonds is 9. The van der Waals surface area contributed by atoms with Crippen molar-refractivity contribution in [1.29, 1.82) is 0 Å². The van der Waals surface area contributed by atoms with E-state index >= 15 is 0 Å². The van der Waals surface area contributed by atoms with E-state index in [4.69, 9.17) is 14.2 Å². The Bertz CT molecular complexity index is 1770. The van der Waals surface area contributed by atoms with E-state index in [1.807, 2.05) is 93.6 Å². The van der Waals surface area contributed by atoms with E-state index in [2.05, 4.69) is 5.32 Å². The predicted molar refractivity (Wildman–Crippen MR) is 182 cm³/mol. The minimum atomic E-state index is -3.60. The lowest BCUT2D eigenvalue weighted by Gasteiger charge is -2.35. The highest BCUT2D eigenvalue weighted by Crippen LogP contribution is 2.47. The number of anilines is 1. The molecule has 0 bridgehead atoms. The van der Waals surface area contributed by atoms with Crippen LogP contribution in [0.1, 0.15) is 56.9 Å². The Balaban J connectivity index is 1.30. The highest BCUT2D eigenvalue weighted by Gasteiger charge is 2.49. The van der Waals surface area contributed by atoms with Gasteiger partial charge in [0.2, 0.25) is 0 Å². The monoisotopic (exact) mass is 661 g/mol. The van der Waals surface area contributed by atoms with Crippen molar-refractivity contribution in [1.82, 2.24) is 0 Å². The molecule has 0 saturated carbocycles. The van der Waals surface area contributed by atoms with Gasteiger partial charge in [0, 0.05) is 15.4 Å². The molecule has 4 aromatic rings. The molecular weight excluding hydrogens is 623 g/mol. The number of methoxy groups -OCH3 is 1. The molecule has 5 rings (SSSR count). The zero-order valence-electron chi connectivity index (χ0n) is 26.5. The van der Waals surface area contributed by atoms with E-state index in [1.165, 1.54) is 11.3 Å². The standard InChI is InChI=1S/C36H39NO7S2/c1-35(2,3)44-34(39)37-29-15-13-27(14-16-29)26-9-11-28(12-10-26)31-19-20-32(45-31)36(21-5-6-22-46(36,40)41)23-33(38)43-24-25-7-17-30(42-4)18-8-25/h7-20H,5-6,21-24H2,1-4H3,(H,37,39)/t36-/m0/s1. The molecule has 1 amide bonds. The SMILES string of the molecule is COc1ccc(COC(=O)C[C@]2(c3ccc(-c4ccc(-c5ccc(NC(=O)OC(C)(C)C)cc5)cc4)s3)CCCCS2(=O)=O)cc1. The van der Waals surface area contributed by atoms with Gasteiger partial charge < -0.3 is 14.2 Å². The number of sulfone groups is 1. The Hall–Kier alpha value is -4.15. The van der Waals surface area contributed by atoms with Gasteiger partial charge in [-0.1, -0.05) is 55.0 Å². The molecule has 3 aromatic carbocycles. The van der Waals surface area contributed by atoms with E-state index in [1.54, 1.807) is 19.2 Å². The summed E-state index contributed by atoms with van der Waals surface area (Å²) in [6.45, 7) is 5.50. The molecule has 2 heterocycles. The first-order valence-corrected chi connectivity index (χ1v) is 17.7. The maximum atomic E-state index is 13.6. The number of thiophene rings is 1. The smallest absolute Gasteiger partial charge is 0.412 e. The van der Waals surface area contributed by atoms with Crippen LogP contribution in [0.25, 0.3) is 21.6 Å². The fraction of sp³-hybridized carbons (Fsp3) is 0.333. The van der Waals surface area contributed by atoms with Gasteiger partial charge in [-0.3, -0.25) is 10.1 Å². The minimum absolute atomic E-state index is 0.0484. The molecule has 1 aliphatic rings. The second-order valence-corrected chi connectivity index (χ2v) is 15.9. The van der Waals surface area contributed by atoms with Gasteiger partial charge in [-0.15, -0.1) is 11.3 Å². The third-order valence-electron chi connectivity index (χ3n) is 7.92. The summed E-state index contributed by atoms with van der Waals surface area (Å²) in [6, 6.07) is 26.5. The second kappa shape index (κ2) is 13.7. The second-order valence-electron chi connectivity index (χ2n) is 12.4. The third-order valence-corrected chi connectivity index (χ3v) is 12.0. The van der Waals surface area contributed by atoms with Crippen LogP contribution in [0.2, 0.25) is 0 Å². The van der Waals surface area contributed by atoms with Crippen LogP contribution in [0, 0.1) is 0 Å². The van der Waals surface area contributed by atoms with Crippen molar-refractivity contribution >= 4 is 38.9 Å². The zero-order valence-corrected chi connectivity index (χ0v) is 28.1. The van der Waals surface area contributed by atoms with E-state index in [0.717, 1.165) is 33.6 Å². The number of hydrogen-bond donors (Lipinski definition) is 1. The molecule has 46 heavy (non-hydrogen) atoms. The van der Waals surface area contributed by atoms with Crippen LogP contribution in [0.15, 0.2) is 84.9 Å². The van der Waals surface area contributed by atoms with Crippen LogP contribution < -0.4 is 10.1 Å². The Labute approximate surface area is 274 Å². The molecule has 1 aliphatic heterocycles. The van der Waals surface area contributed by atoms with Gasteiger partial charge in [0.05, 0.1) is 19.3 Å². The Morgan fingerprint density at radius 3 is 2.09 bits per heavy atom. The molecule has 1 saturated heterocycles. The van der Waals surface area contributed by atoms with Crippen molar-refractivity contribution in [3.8, 4) is 27.3 Å². The average Bonchev–Trinajstić information content (AvgIpc) is 3.52. The molecule has 0 radical (unpaired) electrons. The van der Waals surface area contributed by atoms with Gasteiger partial charge >= 0.3 is 12.1 Å². The highest BCUT2D eigenvalue weighted by molar-refractivity contribution is 7.92. The zero-order chi connectivity index (χ0) is 33.0. The van der Waals surface area contributed by atoms with E-state index in [0.29, 0.717) is 29.2 Å². The maximum absolute atomic E-state index is 13.6. The fourth-order valence-electron chi connectivity index (χ4n) is 5.52. The number of benzene rings is 3. The van der Waals surface area contributed by atoms with Gasteiger partial charge in [0.25, 0.3) is 0 Å². The summed E-state index contributed by atoms with van der Waals surface area (Å²) in [5, 5.41) is 2.74. The van der Waals surface area contributed by atoms with E-state index in [-0.39, 0.29) is 18.8 Å². The lowest BCUT2D eigenvalue weighted by molar-refractivity contribution is -0.145. The summed E-state index contributed by atoms with van der Waals surface area (Å²) in [5.41, 5.74) is 3.78. The Morgan fingerprint density at radius 2 is 1.48 bits per heavy atom. The summed E-state index contributed by atoms with van der Waals surface area (Å²) in [5.74, 6) is 0.217. The van der Waals surface area contributed by atoms with Crippen LogP contribution in [0.5, 0.6) is 5.75 Å². The molecule has 1 aromatic heterocycles. The molecule has 1 fully saturated rings. The molecule has 1 atom stereocenters. The predicted octanol–water partition coefficient (Wildman–Crippen LogP) is 8.37. The minimum Gasteiger partial charge on any atom is -0.497 e. The number of amides is 1. The van der Waals surface area contributed by atoms with Gasteiger partial charge in [0.1, 0.15) is 22.7 Å². The highest BCUT2D eigenvalue weighted by atomic mass is 32.2. The molecular formula is C36H39NO7S2. The van der Waals surface area contributed by atoms with E-state index in [9.17, 15) is 18.0 Å². The van der Waals surface area contributed by atoms with Gasteiger partial charge in [-0.05, 0) is 92.3 Å². The topological polar surface area (TPSA) is 108 Å². The van der Waals surface area contributed by atoms with Crippen LogP contribution in [0.3, 0.4) is 0 Å². The van der Waals surface area contributed by atoms with Gasteiger partial charge in [-0.2, -0.15) is 0 Å². The number of carbonyl (C=O) groups excluding carboxylic acids is 2. The molecule has 1 N–H and O–H groups in total. The van der Waals surface area contributed by atoms with Gasteiger partial charge in [-0.25, -0.2) is 13.2 Å². The molecule has 0 unspecified atom stereocenters. The molecule has 0 aliphatic carbocycles. The van der Waals surface area contributed by atoms with Gasteiger partial charge in [0.15, 0.2) is 9.84 Å². The normalized spacial score (nSPS) is 17.6. The molecule has 8 nitrogen and oxygen atoms in total. The van der Waals surface area contributed by atoms with Crippen molar-refractivity contribution in [2.45, 2.75) is 63.4 Å². The van der Waals surface area contributed by atoms with Crippen LogP contribution >= 0.6 is 11.3 Å². The lowest BCUT2D eigenvalue weighted by Crippen LogP contribution is -2.42. The Morgan fingerprint density at radius 1 is 0.848 bits per heavy atom. The number of hydrogen-bond acceptors (Lipinski definition) is 8. The largest absolute Gasteiger partial charge is 0.497 e. The summed E-state index contributed by atoms with van der Waals surface area (Å²) >= 11 is 1.41. The maximum Gasteiger partial charge on any atom is 0.412 e. The quantitative estimate of drug-likeness (QED) is 0.180. The Kier molecular flexibility index (Phi) is 9.88. The summed E-state index contributed by atoms with van der Waals surface area (Å²) < 4.78 is 42.0. The third kappa shape index (κ3) is 7.79. The molecule has 0 spiro atoms. The van der Waals surface area contributed by atoms with Crippen molar-refractivity contribution in [3.63, 3.8) is 0 Å². The number of nitrogens with one attached hydrogen (secondary N) is 1. The average molecular weight is 662 g/mol. The lowest BCUT2D eigenvalue weighted by atomic mass is 9.95. The molecule has 10 heteroatoms. The van der Waals surface area contributed by atoms with Crippen LogP contribution in [0.4, 0.5) is 10.5 Å². The van der Waals surface area contributed by atoms with Crippen molar-refractivity contribution < 1.29 is 32.2 Å². The van der Waals surface area contributed by atoms with Crippen LogP contribution in [-0.4, -0.2) is 38.9 Å². The van der Waals surface area contributed by atoms with Crippen LogP contribution in [-0.2, 0) is 35.5 Å². The number of esters is 1. The number of carbonyl (C=O) groups is 2. The summed E-state index contributed by atoms with van der Waals surface area (Å²) in [4.78, 5) is 26.8. The first-order valence-electron chi connectivity index (χ1n) is 15.2. The first kappa shape index (κ1) is 33.2. The van der Waals surface area contributed by atoms with E-state index < -0.39 is 32.2 Å². The first-order chi connectivity index (χ1) is 21.9. The fourth-order valence-corrected chi connectivity index (χ4v) is 9.29. The number of ether oxygens (including phenoxy) is 3.